The highest BCUT2D eigenvalue weighted by molar-refractivity contribution is 5.76. The zero-order valence-corrected chi connectivity index (χ0v) is 49.3. The molecule has 2 aliphatic heterocycles. The van der Waals surface area contributed by atoms with Gasteiger partial charge >= 0.3 is 0 Å². The van der Waals surface area contributed by atoms with Gasteiger partial charge in [0.25, 0.3) is 0 Å². The van der Waals surface area contributed by atoms with Crippen LogP contribution in [-0.2, 0) is 23.7 Å². The molecule has 14 nitrogen and oxygen atoms in total. The second kappa shape index (κ2) is 50.2. The first-order valence-corrected chi connectivity index (χ1v) is 31.1. The molecule has 0 aromatic heterocycles. The zero-order valence-electron chi connectivity index (χ0n) is 49.3. The summed E-state index contributed by atoms with van der Waals surface area (Å²) in [6.07, 6.45) is 55.2. The minimum atomic E-state index is -1.79. The summed E-state index contributed by atoms with van der Waals surface area (Å²) in [6, 6.07) is -0.915. The van der Waals surface area contributed by atoms with Crippen LogP contribution in [0, 0.1) is 0 Å². The van der Waals surface area contributed by atoms with Gasteiger partial charge in [-0.1, -0.05) is 226 Å². The molecule has 458 valence electrons. The van der Waals surface area contributed by atoms with Gasteiger partial charge in [-0.3, -0.25) is 4.79 Å². The maximum Gasteiger partial charge on any atom is 0.220 e. The van der Waals surface area contributed by atoms with Crippen LogP contribution in [0.25, 0.3) is 0 Å². The average molecular weight is 1130 g/mol. The highest BCUT2D eigenvalue weighted by Crippen LogP contribution is 2.30. The largest absolute Gasteiger partial charge is 0.394 e. The van der Waals surface area contributed by atoms with E-state index in [0.717, 1.165) is 96.3 Å². The second-order valence-corrected chi connectivity index (χ2v) is 21.5. The van der Waals surface area contributed by atoms with Gasteiger partial charge < -0.3 is 65.1 Å². The summed E-state index contributed by atoms with van der Waals surface area (Å²) in [5.74, 6) is -0.250. The fourth-order valence-electron chi connectivity index (χ4n) is 9.48. The lowest BCUT2D eigenvalue weighted by molar-refractivity contribution is -0.359. The first-order valence-electron chi connectivity index (χ1n) is 31.1. The maximum absolute atomic E-state index is 13.1. The highest BCUT2D eigenvalue weighted by atomic mass is 16.7. The predicted octanol–water partition coefficient (Wildman–Crippen LogP) is 11.2. The van der Waals surface area contributed by atoms with Crippen molar-refractivity contribution in [3.8, 4) is 0 Å². The van der Waals surface area contributed by atoms with Crippen LogP contribution in [0.4, 0.5) is 0 Å². The van der Waals surface area contributed by atoms with Gasteiger partial charge in [-0.25, -0.2) is 0 Å². The van der Waals surface area contributed by atoms with Crippen LogP contribution in [0.3, 0.4) is 0 Å². The fourth-order valence-corrected chi connectivity index (χ4v) is 9.48. The Kier molecular flexibility index (Phi) is 45.6. The van der Waals surface area contributed by atoms with E-state index in [1.165, 1.54) is 83.5 Å². The van der Waals surface area contributed by atoms with Gasteiger partial charge in [-0.05, 0) is 83.5 Å². The number of carbonyl (C=O) groups excluding carboxylic acids is 1. The fraction of sp³-hybridized carbons (Fsp3) is 0.712. The molecule has 0 aromatic carbocycles. The number of hydrogen-bond donors (Lipinski definition) is 9. The summed E-state index contributed by atoms with van der Waals surface area (Å²) >= 11 is 0. The van der Waals surface area contributed by atoms with Crippen molar-refractivity contribution in [3.05, 3.63) is 109 Å². The maximum atomic E-state index is 13.1. The molecule has 0 bridgehead atoms. The van der Waals surface area contributed by atoms with Crippen LogP contribution >= 0.6 is 0 Å². The number of rotatable bonds is 48. The van der Waals surface area contributed by atoms with Crippen LogP contribution in [0.1, 0.15) is 206 Å². The Morgan fingerprint density at radius 1 is 0.463 bits per heavy atom. The van der Waals surface area contributed by atoms with Crippen molar-refractivity contribution >= 4 is 5.91 Å². The number of unbranched alkanes of at least 4 members (excludes halogenated alkanes) is 19. The van der Waals surface area contributed by atoms with Crippen LogP contribution in [0.5, 0.6) is 0 Å². The summed E-state index contributed by atoms with van der Waals surface area (Å²) in [7, 11) is 0. The van der Waals surface area contributed by atoms with Crippen molar-refractivity contribution < 1.29 is 64.6 Å². The van der Waals surface area contributed by atoms with E-state index in [4.69, 9.17) is 18.9 Å². The molecular weight excluding hydrogens is 1010 g/mol. The lowest BCUT2D eigenvalue weighted by Crippen LogP contribution is -2.65. The summed E-state index contributed by atoms with van der Waals surface area (Å²) in [5, 5.41) is 86.4. The van der Waals surface area contributed by atoms with Crippen molar-refractivity contribution in [2.24, 2.45) is 0 Å². The van der Waals surface area contributed by atoms with Crippen molar-refractivity contribution in [2.75, 3.05) is 19.8 Å². The molecule has 2 heterocycles. The number of hydrogen-bond acceptors (Lipinski definition) is 13. The number of amides is 1. The van der Waals surface area contributed by atoms with E-state index in [9.17, 15) is 45.6 Å². The first kappa shape index (κ1) is 72.8. The van der Waals surface area contributed by atoms with Crippen LogP contribution in [0.15, 0.2) is 109 Å². The van der Waals surface area contributed by atoms with E-state index in [-0.39, 0.29) is 18.9 Å². The molecule has 1 amide bonds. The number of nitrogens with one attached hydrogen (secondary N) is 1. The monoisotopic (exact) mass is 1130 g/mol. The standard InChI is InChI=1S/C66H111NO13/c1-3-5-7-9-10-11-12-13-14-15-16-17-18-19-20-21-22-23-24-25-26-27-28-29-30-31-32-33-34-35-36-37-38-39-40-41-42-43-44-46-48-50-58(71)67-54(55(70)49-47-45-8-6-4-2)53-77-65-63(76)61(74)64(57(52-69)79-65)80-66-62(75)60(73)59(72)56(51-68)78-66/h5,7,10-11,13-14,16-17,19-20,22-23,25-26,28-29,47,49,54-57,59-66,68-70,72-76H,3-4,6,8-9,12,15,18,21,24,27,30-46,48,50-53H2,1-2H3,(H,67,71)/b7-5-,11-10-,14-13-,17-16-,20-19-,23-22-,26-25-,29-28-,49-47+. The molecule has 9 N–H and O–H groups in total. The van der Waals surface area contributed by atoms with Crippen LogP contribution in [-0.4, -0.2) is 140 Å². The molecule has 12 atom stereocenters. The third-order valence-corrected chi connectivity index (χ3v) is 14.5. The van der Waals surface area contributed by atoms with E-state index >= 15 is 0 Å². The van der Waals surface area contributed by atoms with Crippen molar-refractivity contribution in [1.29, 1.82) is 0 Å². The van der Waals surface area contributed by atoms with Gasteiger partial charge in [0.1, 0.15) is 48.8 Å². The molecule has 2 rings (SSSR count). The minimum Gasteiger partial charge on any atom is -0.394 e. The Hall–Kier alpha value is -3.35. The molecule has 12 unspecified atom stereocenters. The zero-order chi connectivity index (χ0) is 58.1. The molecule has 0 spiro atoms. The minimum absolute atomic E-state index is 0.250. The Morgan fingerprint density at radius 3 is 1.32 bits per heavy atom. The lowest BCUT2D eigenvalue weighted by atomic mass is 9.97. The predicted molar refractivity (Wildman–Crippen MR) is 322 cm³/mol. The number of ether oxygens (including phenoxy) is 4. The molecule has 0 aromatic rings. The summed E-state index contributed by atoms with van der Waals surface area (Å²) in [5.41, 5.74) is 0. The van der Waals surface area contributed by atoms with E-state index < -0.39 is 86.8 Å². The summed E-state index contributed by atoms with van der Waals surface area (Å²) < 4.78 is 22.6. The Bertz CT molecular complexity index is 1760. The van der Waals surface area contributed by atoms with Gasteiger partial charge in [0, 0.05) is 6.42 Å². The molecule has 0 saturated carbocycles. The van der Waals surface area contributed by atoms with Gasteiger partial charge in [0.2, 0.25) is 5.91 Å². The molecule has 80 heavy (non-hydrogen) atoms. The molecule has 0 aliphatic carbocycles. The van der Waals surface area contributed by atoms with Crippen LogP contribution < -0.4 is 5.32 Å². The van der Waals surface area contributed by atoms with Crippen molar-refractivity contribution in [3.63, 3.8) is 0 Å². The van der Waals surface area contributed by atoms with Gasteiger partial charge in [-0.15, -0.1) is 0 Å². The van der Waals surface area contributed by atoms with Gasteiger partial charge in [0.15, 0.2) is 12.6 Å². The van der Waals surface area contributed by atoms with E-state index in [1.54, 1.807) is 6.08 Å². The lowest BCUT2D eigenvalue weighted by Gasteiger charge is -2.46. The number of aliphatic hydroxyl groups is 8. The summed E-state index contributed by atoms with van der Waals surface area (Å²) in [6.45, 7) is 2.54. The molecule has 2 fully saturated rings. The highest BCUT2D eigenvalue weighted by Gasteiger charge is 2.51. The van der Waals surface area contributed by atoms with Gasteiger partial charge in [0.05, 0.1) is 32.0 Å². The molecule has 2 saturated heterocycles. The van der Waals surface area contributed by atoms with Crippen molar-refractivity contribution in [2.45, 2.75) is 280 Å². The van der Waals surface area contributed by atoms with E-state index in [1.807, 2.05) is 6.08 Å². The quantitative estimate of drug-likeness (QED) is 0.0204. The average Bonchev–Trinajstić information content (AvgIpc) is 3.49. The summed E-state index contributed by atoms with van der Waals surface area (Å²) in [4.78, 5) is 13.1. The molecule has 14 heteroatoms. The van der Waals surface area contributed by atoms with E-state index in [2.05, 4.69) is 116 Å². The van der Waals surface area contributed by atoms with Crippen LogP contribution in [0.2, 0.25) is 0 Å². The smallest absolute Gasteiger partial charge is 0.220 e. The molecular formula is C66H111NO13. The normalized spacial score (nSPS) is 25.0. The van der Waals surface area contributed by atoms with Crippen molar-refractivity contribution in [1.82, 2.24) is 5.32 Å². The molecule has 2 aliphatic rings. The molecule has 0 radical (unpaired) electrons. The first-order chi connectivity index (χ1) is 39.1. The Morgan fingerprint density at radius 2 is 0.863 bits per heavy atom. The number of carbonyl (C=O) groups is 1. The second-order valence-electron chi connectivity index (χ2n) is 21.5. The SMILES string of the molecule is CC/C=C\C/C=C\C/C=C\C/C=C\C/C=C\C/C=C\C/C=C\C/C=C\CCCCCCCCCCCCCCCCCCC(=O)NC(COC1OC(CO)C(OC2OC(CO)C(O)C(O)C2O)C(O)C1O)C(O)/C=C/CCCCC. The van der Waals surface area contributed by atoms with E-state index in [0.29, 0.717) is 6.42 Å². The Labute approximate surface area is 483 Å². The third kappa shape index (κ3) is 34.9. The topological polar surface area (TPSA) is 228 Å². The number of aliphatic hydroxyl groups excluding tert-OH is 8. The Balaban J connectivity index is 1.49. The van der Waals surface area contributed by atoms with Gasteiger partial charge in [-0.2, -0.15) is 0 Å². The number of allylic oxidation sites excluding steroid dienone is 17. The third-order valence-electron chi connectivity index (χ3n) is 14.5.